The van der Waals surface area contributed by atoms with Gasteiger partial charge in [-0.25, -0.2) is 0 Å². The van der Waals surface area contributed by atoms with Crippen LogP contribution in [-0.4, -0.2) is 34.1 Å². The number of likely N-dealkylation sites (tertiary alicyclic amines) is 1. The highest BCUT2D eigenvalue weighted by Crippen LogP contribution is 2.30. The molecule has 25 heavy (non-hydrogen) atoms. The average molecular weight is 337 g/mol. The minimum Gasteiger partial charge on any atom is -0.472 e. The molecule has 1 saturated heterocycles. The first-order valence-corrected chi connectivity index (χ1v) is 8.43. The predicted octanol–water partition coefficient (Wildman–Crippen LogP) is 3.66. The van der Waals surface area contributed by atoms with E-state index in [0.29, 0.717) is 24.9 Å². The Hall–Kier alpha value is -2.89. The van der Waals surface area contributed by atoms with Crippen LogP contribution in [0.25, 0.3) is 11.5 Å². The average Bonchev–Trinajstić information content (AvgIpc) is 3.33. The molecule has 0 spiro atoms. The number of aryl methyl sites for hydroxylation is 1. The molecule has 6 nitrogen and oxygen atoms in total. The summed E-state index contributed by atoms with van der Waals surface area (Å²) in [5.41, 5.74) is 2.57. The molecule has 1 aliphatic heterocycles. The van der Waals surface area contributed by atoms with E-state index in [1.165, 1.54) is 0 Å². The van der Waals surface area contributed by atoms with Crippen LogP contribution in [0.4, 0.5) is 0 Å². The minimum atomic E-state index is 0.0983. The number of rotatable bonds is 3. The summed E-state index contributed by atoms with van der Waals surface area (Å²) >= 11 is 0. The van der Waals surface area contributed by atoms with E-state index in [9.17, 15) is 4.79 Å². The highest BCUT2D eigenvalue weighted by Gasteiger charge is 2.28. The fourth-order valence-corrected chi connectivity index (χ4v) is 3.22. The van der Waals surface area contributed by atoms with Gasteiger partial charge in [-0.3, -0.25) is 4.79 Å². The maximum Gasteiger partial charge on any atom is 0.254 e. The van der Waals surface area contributed by atoms with Gasteiger partial charge in [0.2, 0.25) is 5.89 Å². The van der Waals surface area contributed by atoms with Crippen LogP contribution in [-0.2, 0) is 0 Å². The van der Waals surface area contributed by atoms with E-state index in [0.717, 1.165) is 29.5 Å². The minimum absolute atomic E-state index is 0.0983. The molecular formula is C19H19N3O3. The van der Waals surface area contributed by atoms with E-state index < -0.39 is 0 Å². The van der Waals surface area contributed by atoms with Gasteiger partial charge in [-0.15, -0.1) is 10.2 Å². The fourth-order valence-electron chi connectivity index (χ4n) is 3.22. The van der Waals surface area contributed by atoms with E-state index in [2.05, 4.69) is 10.2 Å². The van der Waals surface area contributed by atoms with E-state index in [-0.39, 0.29) is 11.8 Å². The van der Waals surface area contributed by atoms with Crippen molar-refractivity contribution in [3.63, 3.8) is 0 Å². The zero-order valence-electron chi connectivity index (χ0n) is 14.0. The van der Waals surface area contributed by atoms with Crippen molar-refractivity contribution < 1.29 is 13.6 Å². The molecule has 0 aliphatic carbocycles. The summed E-state index contributed by atoms with van der Waals surface area (Å²) in [7, 11) is 0. The van der Waals surface area contributed by atoms with Gasteiger partial charge in [0.25, 0.3) is 11.8 Å². The molecule has 0 atom stereocenters. The summed E-state index contributed by atoms with van der Waals surface area (Å²) in [6.45, 7) is 3.36. The van der Waals surface area contributed by atoms with Crippen molar-refractivity contribution in [3.8, 4) is 11.5 Å². The largest absolute Gasteiger partial charge is 0.472 e. The predicted molar refractivity (Wildman–Crippen MR) is 91.1 cm³/mol. The molecule has 3 aromatic rings. The van der Waals surface area contributed by atoms with Crippen LogP contribution in [0.3, 0.4) is 0 Å². The number of hydrogen-bond donors (Lipinski definition) is 0. The van der Waals surface area contributed by atoms with Crippen LogP contribution in [0, 0.1) is 6.92 Å². The highest BCUT2D eigenvalue weighted by molar-refractivity contribution is 5.95. The topological polar surface area (TPSA) is 72.4 Å². The van der Waals surface area contributed by atoms with Gasteiger partial charge in [0.1, 0.15) is 6.26 Å². The number of carbonyl (C=O) groups excluding carboxylic acids is 1. The molecule has 6 heteroatoms. The summed E-state index contributed by atoms with van der Waals surface area (Å²) in [6, 6.07) is 9.50. The molecule has 2 aromatic heterocycles. The van der Waals surface area contributed by atoms with Crippen LogP contribution in [0.15, 0.2) is 51.7 Å². The van der Waals surface area contributed by atoms with Crippen molar-refractivity contribution in [2.45, 2.75) is 25.7 Å². The molecule has 1 amide bonds. The Kier molecular flexibility index (Phi) is 4.09. The molecule has 3 heterocycles. The standard InChI is InChI=1S/C19H19N3O3/c1-13-4-2-3-5-16(13)19(23)22-9-6-14(7-10-22)17-20-21-18(25-17)15-8-11-24-12-15/h2-5,8,11-12,14H,6-7,9-10H2,1H3. The molecule has 0 bridgehead atoms. The third-order valence-corrected chi connectivity index (χ3v) is 4.72. The second-order valence-electron chi connectivity index (χ2n) is 6.34. The normalized spacial score (nSPS) is 15.5. The fraction of sp³-hybridized carbons (Fsp3) is 0.316. The summed E-state index contributed by atoms with van der Waals surface area (Å²) in [5.74, 6) is 1.40. The maximum atomic E-state index is 12.7. The quantitative estimate of drug-likeness (QED) is 0.729. The highest BCUT2D eigenvalue weighted by atomic mass is 16.4. The molecule has 0 unspecified atom stereocenters. The maximum absolute atomic E-state index is 12.7. The summed E-state index contributed by atoms with van der Waals surface area (Å²) in [6.07, 6.45) is 4.81. The Labute approximate surface area is 145 Å². The lowest BCUT2D eigenvalue weighted by molar-refractivity contribution is 0.0705. The molecule has 0 radical (unpaired) electrons. The van der Waals surface area contributed by atoms with Gasteiger partial charge in [-0.2, -0.15) is 0 Å². The number of carbonyl (C=O) groups is 1. The van der Waals surface area contributed by atoms with Crippen LogP contribution in [0.1, 0.15) is 40.6 Å². The van der Waals surface area contributed by atoms with Crippen molar-refractivity contribution in [1.29, 1.82) is 0 Å². The monoisotopic (exact) mass is 337 g/mol. The first-order chi connectivity index (χ1) is 12.2. The number of piperidine rings is 1. The second kappa shape index (κ2) is 6.55. The molecule has 1 aliphatic rings. The van der Waals surface area contributed by atoms with E-state index in [1.54, 1.807) is 18.6 Å². The lowest BCUT2D eigenvalue weighted by atomic mass is 9.96. The zero-order chi connectivity index (χ0) is 17.2. The van der Waals surface area contributed by atoms with Gasteiger partial charge in [-0.05, 0) is 37.5 Å². The Balaban J connectivity index is 1.42. The van der Waals surface area contributed by atoms with E-state index >= 15 is 0 Å². The van der Waals surface area contributed by atoms with E-state index in [4.69, 9.17) is 8.83 Å². The molecule has 128 valence electrons. The zero-order valence-corrected chi connectivity index (χ0v) is 14.0. The lowest BCUT2D eigenvalue weighted by Crippen LogP contribution is -2.38. The number of aromatic nitrogens is 2. The number of nitrogens with zero attached hydrogens (tertiary/aromatic N) is 3. The smallest absolute Gasteiger partial charge is 0.254 e. The van der Waals surface area contributed by atoms with Crippen LogP contribution in [0.5, 0.6) is 0 Å². The van der Waals surface area contributed by atoms with Crippen LogP contribution in [0.2, 0.25) is 0 Å². The van der Waals surface area contributed by atoms with Crippen molar-refractivity contribution in [2.75, 3.05) is 13.1 Å². The van der Waals surface area contributed by atoms with Gasteiger partial charge < -0.3 is 13.7 Å². The third-order valence-electron chi connectivity index (χ3n) is 4.72. The van der Waals surface area contributed by atoms with Crippen LogP contribution < -0.4 is 0 Å². The SMILES string of the molecule is Cc1ccccc1C(=O)N1CCC(c2nnc(-c3ccoc3)o2)CC1. The second-order valence-corrected chi connectivity index (χ2v) is 6.34. The van der Waals surface area contributed by atoms with Gasteiger partial charge in [0.15, 0.2) is 0 Å². The number of hydrogen-bond acceptors (Lipinski definition) is 5. The van der Waals surface area contributed by atoms with Gasteiger partial charge in [-0.1, -0.05) is 18.2 Å². The molecule has 1 fully saturated rings. The van der Waals surface area contributed by atoms with E-state index in [1.807, 2.05) is 36.1 Å². The van der Waals surface area contributed by atoms with Gasteiger partial charge >= 0.3 is 0 Å². The number of furan rings is 1. The molecule has 4 rings (SSSR count). The van der Waals surface area contributed by atoms with Crippen molar-refractivity contribution in [1.82, 2.24) is 15.1 Å². The van der Waals surface area contributed by atoms with Crippen molar-refractivity contribution in [3.05, 3.63) is 59.9 Å². The Morgan fingerprint density at radius 1 is 1.16 bits per heavy atom. The molecule has 1 aromatic carbocycles. The van der Waals surface area contributed by atoms with Crippen molar-refractivity contribution in [2.24, 2.45) is 0 Å². The summed E-state index contributed by atoms with van der Waals surface area (Å²) < 4.78 is 10.8. The summed E-state index contributed by atoms with van der Waals surface area (Å²) in [4.78, 5) is 14.6. The first-order valence-electron chi connectivity index (χ1n) is 8.43. The number of amides is 1. The Bertz CT molecular complexity index is 862. The number of benzene rings is 1. The molecule has 0 saturated carbocycles. The van der Waals surface area contributed by atoms with Crippen molar-refractivity contribution >= 4 is 5.91 Å². The molecule has 0 N–H and O–H groups in total. The summed E-state index contributed by atoms with van der Waals surface area (Å²) in [5, 5.41) is 8.27. The van der Waals surface area contributed by atoms with Crippen LogP contribution >= 0.6 is 0 Å². The molecular weight excluding hydrogens is 318 g/mol. The lowest BCUT2D eigenvalue weighted by Gasteiger charge is -2.30. The first kappa shape index (κ1) is 15.6. The Morgan fingerprint density at radius 3 is 2.68 bits per heavy atom. The van der Waals surface area contributed by atoms with Gasteiger partial charge in [0, 0.05) is 24.6 Å². The van der Waals surface area contributed by atoms with Gasteiger partial charge in [0.05, 0.1) is 11.8 Å². The Morgan fingerprint density at radius 2 is 1.96 bits per heavy atom. The third kappa shape index (κ3) is 3.07.